The highest BCUT2D eigenvalue weighted by Gasteiger charge is 2.40. The molecular weight excluding hydrogens is 238 g/mol. The Morgan fingerprint density at radius 3 is 2.63 bits per heavy atom. The van der Waals surface area contributed by atoms with Crippen LogP contribution in [0.4, 0.5) is 0 Å². The number of carboxylic acid groups (broad SMARTS) is 1. The molecule has 104 valence electrons. The van der Waals surface area contributed by atoms with Gasteiger partial charge in [0, 0.05) is 11.1 Å². The molecule has 0 aliphatic carbocycles. The van der Waals surface area contributed by atoms with Crippen LogP contribution in [-0.4, -0.2) is 30.0 Å². The summed E-state index contributed by atoms with van der Waals surface area (Å²) in [7, 11) is 2.14. The minimum atomic E-state index is -1.07. The molecule has 0 bridgehead atoms. The largest absolute Gasteiger partial charge is 0.545 e. The average molecular weight is 260 g/mol. The van der Waals surface area contributed by atoms with Gasteiger partial charge in [-0.1, -0.05) is 31.2 Å². The van der Waals surface area contributed by atoms with Crippen LogP contribution in [0.1, 0.15) is 49.0 Å². The number of benzene rings is 1. The van der Waals surface area contributed by atoms with Crippen LogP contribution in [0.5, 0.6) is 0 Å². The van der Waals surface area contributed by atoms with Gasteiger partial charge in [0.1, 0.15) is 0 Å². The predicted octanol–water partition coefficient (Wildman–Crippen LogP) is 1.88. The molecule has 1 aliphatic rings. The van der Waals surface area contributed by atoms with E-state index in [0.29, 0.717) is 11.5 Å². The number of carbonyl (C=O) groups is 1. The summed E-state index contributed by atoms with van der Waals surface area (Å²) in [5.74, 6) is -0.397. The number of carboxylic acids is 1. The molecule has 2 unspecified atom stereocenters. The molecule has 0 radical (unpaired) electrons. The lowest BCUT2D eigenvalue weighted by Gasteiger charge is -2.49. The van der Waals surface area contributed by atoms with Crippen LogP contribution >= 0.6 is 0 Å². The maximum Gasteiger partial charge on any atom is 0.0718 e. The maximum atomic E-state index is 11.3. The molecule has 1 fully saturated rings. The first-order valence-electron chi connectivity index (χ1n) is 6.87. The Bertz CT molecular complexity index is 481. The fraction of sp³-hybridized carbons (Fsp3) is 0.562. The van der Waals surface area contributed by atoms with Crippen molar-refractivity contribution < 1.29 is 9.90 Å². The monoisotopic (exact) mass is 260 g/mol. The van der Waals surface area contributed by atoms with Crippen LogP contribution in [0.3, 0.4) is 0 Å². The summed E-state index contributed by atoms with van der Waals surface area (Å²) in [6.07, 6.45) is 0.991. The lowest BCUT2D eigenvalue weighted by molar-refractivity contribution is -0.255. The van der Waals surface area contributed by atoms with Crippen LogP contribution in [0.25, 0.3) is 0 Å². The molecule has 1 aromatic carbocycles. The molecule has 0 spiro atoms. The quantitative estimate of drug-likeness (QED) is 0.815. The highest BCUT2D eigenvalue weighted by atomic mass is 16.4. The number of carbonyl (C=O) groups excluding carboxylic acids is 1. The van der Waals surface area contributed by atoms with E-state index in [0.717, 1.165) is 18.5 Å². The van der Waals surface area contributed by atoms with Gasteiger partial charge in [-0.3, -0.25) is 0 Å². The summed E-state index contributed by atoms with van der Waals surface area (Å²) in [4.78, 5) is 13.6. The molecule has 0 amide bonds. The highest BCUT2D eigenvalue weighted by molar-refractivity contribution is 5.87. The lowest BCUT2D eigenvalue weighted by atomic mass is 9.70. The zero-order valence-corrected chi connectivity index (χ0v) is 12.1. The fourth-order valence-corrected chi connectivity index (χ4v) is 3.14. The average Bonchev–Trinajstić information content (AvgIpc) is 2.37. The van der Waals surface area contributed by atoms with E-state index in [4.69, 9.17) is 0 Å². The van der Waals surface area contributed by atoms with Gasteiger partial charge in [-0.25, -0.2) is 0 Å². The van der Waals surface area contributed by atoms with E-state index in [1.807, 2.05) is 12.1 Å². The molecule has 19 heavy (non-hydrogen) atoms. The lowest BCUT2D eigenvalue weighted by Crippen LogP contribution is -2.53. The van der Waals surface area contributed by atoms with Crippen molar-refractivity contribution in [3.63, 3.8) is 0 Å². The minimum absolute atomic E-state index is 0.0714. The van der Waals surface area contributed by atoms with Crippen LogP contribution in [0.2, 0.25) is 0 Å². The van der Waals surface area contributed by atoms with Crippen LogP contribution in [0.15, 0.2) is 24.3 Å². The topological polar surface area (TPSA) is 43.4 Å². The van der Waals surface area contributed by atoms with Crippen molar-refractivity contribution in [2.24, 2.45) is 5.92 Å². The highest BCUT2D eigenvalue weighted by Crippen LogP contribution is 2.42. The Kier molecular flexibility index (Phi) is 3.68. The molecule has 0 saturated carbocycles. The van der Waals surface area contributed by atoms with Crippen molar-refractivity contribution in [2.75, 3.05) is 13.6 Å². The molecule has 2 rings (SSSR count). The van der Waals surface area contributed by atoms with Gasteiger partial charge in [-0.05, 0) is 51.3 Å². The summed E-state index contributed by atoms with van der Waals surface area (Å²) in [5.41, 5.74) is 1.35. The summed E-state index contributed by atoms with van der Waals surface area (Å²) in [6.45, 7) is 7.66. The van der Waals surface area contributed by atoms with Crippen LogP contribution in [-0.2, 0) is 0 Å². The van der Waals surface area contributed by atoms with E-state index in [1.54, 1.807) is 12.1 Å². The van der Waals surface area contributed by atoms with Crippen molar-refractivity contribution in [3.8, 4) is 0 Å². The summed E-state index contributed by atoms with van der Waals surface area (Å²) >= 11 is 0. The van der Waals surface area contributed by atoms with Crippen molar-refractivity contribution in [2.45, 2.75) is 38.6 Å². The molecule has 1 saturated heterocycles. The second kappa shape index (κ2) is 4.97. The van der Waals surface area contributed by atoms with Gasteiger partial charge in [0.25, 0.3) is 0 Å². The van der Waals surface area contributed by atoms with Crippen molar-refractivity contribution in [1.29, 1.82) is 0 Å². The van der Waals surface area contributed by atoms with Crippen LogP contribution in [0, 0.1) is 5.92 Å². The van der Waals surface area contributed by atoms with E-state index in [-0.39, 0.29) is 11.5 Å². The fourth-order valence-electron chi connectivity index (χ4n) is 3.14. The smallest absolute Gasteiger partial charge is 0.0718 e. The molecule has 1 heterocycles. The number of piperidine rings is 1. The number of likely N-dealkylation sites (tertiary alicyclic amines) is 1. The first-order chi connectivity index (χ1) is 8.85. The van der Waals surface area contributed by atoms with Crippen LogP contribution < -0.4 is 5.11 Å². The van der Waals surface area contributed by atoms with Gasteiger partial charge in [0.05, 0.1) is 5.97 Å². The van der Waals surface area contributed by atoms with E-state index in [9.17, 15) is 9.90 Å². The third kappa shape index (κ3) is 2.39. The molecule has 2 atom stereocenters. The molecular formula is C16H22NO2-. The second-order valence-electron chi connectivity index (χ2n) is 6.13. The first-order valence-corrected chi connectivity index (χ1v) is 6.87. The van der Waals surface area contributed by atoms with Crippen molar-refractivity contribution in [1.82, 2.24) is 4.90 Å². The standard InChI is InChI=1S/C16H23NO2/c1-11-12(9-10-17(4)16(11,2)3)13-7-5-6-8-14(13)15(18)19/h5-8,11-12H,9-10H2,1-4H3,(H,18,19)/p-1. The summed E-state index contributed by atoms with van der Waals surface area (Å²) in [5, 5.41) is 11.3. The Morgan fingerprint density at radius 2 is 2.00 bits per heavy atom. The summed E-state index contributed by atoms with van der Waals surface area (Å²) < 4.78 is 0. The minimum Gasteiger partial charge on any atom is -0.545 e. The molecule has 1 aromatic rings. The molecule has 0 aromatic heterocycles. The van der Waals surface area contributed by atoms with E-state index in [1.165, 1.54) is 0 Å². The van der Waals surface area contributed by atoms with Gasteiger partial charge in [0.15, 0.2) is 0 Å². The Morgan fingerprint density at radius 1 is 1.37 bits per heavy atom. The third-order valence-electron chi connectivity index (χ3n) is 5.06. The Balaban J connectivity index is 2.40. The molecule has 3 nitrogen and oxygen atoms in total. The van der Waals surface area contributed by atoms with E-state index >= 15 is 0 Å². The van der Waals surface area contributed by atoms with E-state index in [2.05, 4.69) is 32.7 Å². The normalized spacial score (nSPS) is 27.2. The molecule has 0 N–H and O–H groups in total. The second-order valence-corrected chi connectivity index (χ2v) is 6.13. The van der Waals surface area contributed by atoms with Gasteiger partial charge in [0.2, 0.25) is 0 Å². The first kappa shape index (κ1) is 14.1. The Labute approximate surface area is 115 Å². The molecule has 1 aliphatic heterocycles. The maximum absolute atomic E-state index is 11.3. The number of hydrogen-bond donors (Lipinski definition) is 0. The van der Waals surface area contributed by atoms with Gasteiger partial charge in [-0.15, -0.1) is 0 Å². The number of hydrogen-bond acceptors (Lipinski definition) is 3. The van der Waals surface area contributed by atoms with Gasteiger partial charge in [-0.2, -0.15) is 0 Å². The number of rotatable bonds is 2. The number of aromatic carboxylic acids is 1. The van der Waals surface area contributed by atoms with Crippen molar-refractivity contribution in [3.05, 3.63) is 35.4 Å². The van der Waals surface area contributed by atoms with Gasteiger partial charge < -0.3 is 14.8 Å². The zero-order valence-electron chi connectivity index (χ0n) is 12.1. The SMILES string of the molecule is CC1C(c2ccccc2C(=O)[O-])CCN(C)C1(C)C. The van der Waals surface area contributed by atoms with E-state index < -0.39 is 5.97 Å². The zero-order chi connectivity index (χ0) is 14.2. The van der Waals surface area contributed by atoms with Gasteiger partial charge >= 0.3 is 0 Å². The Hall–Kier alpha value is -1.35. The number of nitrogens with zero attached hydrogens (tertiary/aromatic N) is 1. The van der Waals surface area contributed by atoms with Crippen molar-refractivity contribution >= 4 is 5.97 Å². The molecule has 3 heteroatoms. The predicted molar refractivity (Wildman–Crippen MR) is 74.0 cm³/mol. The summed E-state index contributed by atoms with van der Waals surface area (Å²) in [6, 6.07) is 7.27. The third-order valence-corrected chi connectivity index (χ3v) is 5.06.